The van der Waals surface area contributed by atoms with Crippen LogP contribution in [0.1, 0.15) is 34.4 Å². The van der Waals surface area contributed by atoms with Crippen molar-refractivity contribution in [1.29, 1.82) is 0 Å². The highest BCUT2D eigenvalue weighted by molar-refractivity contribution is 7.51. The molecular formula is C32H42N3O9P. The Morgan fingerprint density at radius 3 is 2.38 bits per heavy atom. The number of aliphatic carboxylic acids is 1. The Labute approximate surface area is 262 Å². The lowest BCUT2D eigenvalue weighted by atomic mass is 10.0. The molecule has 0 saturated heterocycles. The van der Waals surface area contributed by atoms with Gasteiger partial charge in [0.15, 0.2) is 0 Å². The molecule has 0 fully saturated rings. The molecule has 12 nitrogen and oxygen atoms in total. The summed E-state index contributed by atoms with van der Waals surface area (Å²) in [6.07, 6.45) is 5.17. The monoisotopic (exact) mass is 643 g/mol. The molecule has 0 bridgehead atoms. The van der Waals surface area contributed by atoms with E-state index in [1.54, 1.807) is 0 Å². The van der Waals surface area contributed by atoms with Gasteiger partial charge in [0.2, 0.25) is 0 Å². The van der Waals surface area contributed by atoms with Crippen molar-refractivity contribution in [2.75, 3.05) is 64.7 Å². The van der Waals surface area contributed by atoms with Crippen molar-refractivity contribution in [3.05, 3.63) is 70.5 Å². The summed E-state index contributed by atoms with van der Waals surface area (Å²) in [6, 6.07) is 11.9. The van der Waals surface area contributed by atoms with Crippen molar-refractivity contribution >= 4 is 36.2 Å². The van der Waals surface area contributed by atoms with E-state index in [0.29, 0.717) is 51.7 Å². The van der Waals surface area contributed by atoms with Crippen LogP contribution >= 0.6 is 7.60 Å². The van der Waals surface area contributed by atoms with Crippen LogP contribution in [0.15, 0.2) is 42.6 Å². The molecule has 0 spiro atoms. The molecule has 3 aromatic rings. The zero-order chi connectivity index (χ0) is 32.2. The minimum Gasteiger partial charge on any atom is -0.491 e. The second-order valence-electron chi connectivity index (χ2n) is 10.8. The van der Waals surface area contributed by atoms with E-state index in [0.717, 1.165) is 52.0 Å². The molecule has 0 radical (unpaired) electrons. The van der Waals surface area contributed by atoms with E-state index in [2.05, 4.69) is 24.1 Å². The van der Waals surface area contributed by atoms with E-state index in [4.69, 9.17) is 44.6 Å². The number of benzene rings is 2. The predicted octanol–water partition coefficient (Wildman–Crippen LogP) is 3.78. The molecule has 2 aromatic carbocycles. The van der Waals surface area contributed by atoms with E-state index in [-0.39, 0.29) is 25.8 Å². The van der Waals surface area contributed by atoms with Gasteiger partial charge in [0, 0.05) is 30.1 Å². The van der Waals surface area contributed by atoms with Gasteiger partial charge in [-0.15, -0.1) is 0 Å². The summed E-state index contributed by atoms with van der Waals surface area (Å²) in [5, 5.41) is 9.89. The van der Waals surface area contributed by atoms with Crippen LogP contribution in [-0.4, -0.2) is 89.7 Å². The number of carboxylic acids is 1. The summed E-state index contributed by atoms with van der Waals surface area (Å²) in [5.74, 6) is -0.0396. The molecule has 2 heterocycles. The van der Waals surface area contributed by atoms with Gasteiger partial charge in [0.25, 0.3) is 0 Å². The number of ether oxygens (including phenoxy) is 4. The van der Waals surface area contributed by atoms with E-state index in [1.807, 2.05) is 36.4 Å². The molecule has 0 amide bonds. The number of aryl methyl sites for hydroxylation is 2. The maximum atomic E-state index is 11.0. The molecule has 4 rings (SSSR count). The number of carboxylic acid groups (broad SMARTS) is 1. The van der Waals surface area contributed by atoms with Crippen LogP contribution in [0.4, 0.5) is 5.69 Å². The van der Waals surface area contributed by atoms with Crippen LogP contribution in [0.25, 0.3) is 17.0 Å². The lowest BCUT2D eigenvalue weighted by Gasteiger charge is -2.26. The number of hydrogen-bond acceptors (Lipinski definition) is 9. The SMILES string of the molecule is Cc1cc(OCCOCCOCCOCCP(=O)(O)O)ccc1CCN1C=Cc2c(nc3cc(CCC(=O)O)ccc3c2N)C1. The molecule has 1 aliphatic heterocycles. The van der Waals surface area contributed by atoms with Gasteiger partial charge in [0.1, 0.15) is 12.4 Å². The average Bonchev–Trinajstić information content (AvgIpc) is 2.99. The Hall–Kier alpha value is -3.51. The van der Waals surface area contributed by atoms with Crippen molar-refractivity contribution in [3.63, 3.8) is 0 Å². The molecule has 13 heteroatoms. The Kier molecular flexibility index (Phi) is 12.8. The van der Waals surface area contributed by atoms with E-state index >= 15 is 0 Å². The third-order valence-electron chi connectivity index (χ3n) is 7.39. The van der Waals surface area contributed by atoms with Crippen LogP contribution in [0.2, 0.25) is 0 Å². The fraction of sp³-hybridized carbons (Fsp3) is 0.438. The maximum Gasteiger partial charge on any atom is 0.327 e. The Bertz CT molecular complexity index is 1530. The third-order valence-corrected chi connectivity index (χ3v) is 8.16. The smallest absolute Gasteiger partial charge is 0.327 e. The number of aromatic nitrogens is 1. The van der Waals surface area contributed by atoms with Crippen LogP contribution in [0.3, 0.4) is 0 Å². The Balaban J connectivity index is 1.16. The first-order chi connectivity index (χ1) is 21.6. The van der Waals surface area contributed by atoms with Crippen LogP contribution in [-0.2, 0) is 43.0 Å². The van der Waals surface area contributed by atoms with Crippen molar-refractivity contribution in [2.45, 2.75) is 32.7 Å². The van der Waals surface area contributed by atoms with Gasteiger partial charge in [-0.25, -0.2) is 0 Å². The largest absolute Gasteiger partial charge is 0.491 e. The zero-order valence-electron chi connectivity index (χ0n) is 25.5. The average molecular weight is 644 g/mol. The molecule has 0 unspecified atom stereocenters. The predicted molar refractivity (Wildman–Crippen MR) is 171 cm³/mol. The molecule has 0 atom stereocenters. The van der Waals surface area contributed by atoms with Gasteiger partial charge in [-0.1, -0.05) is 18.2 Å². The minimum atomic E-state index is -4.02. The standard InChI is InChI=1S/C32H42N3O9P/c1-23-20-26(44-17-16-42-13-12-41-14-15-43-18-19-45(38,39)40)5-4-25(23)8-10-35-11-9-28-30(22-35)34-29-21-24(3-7-31(36)37)2-6-27(29)32(28)33/h2,4-6,9,11,20-21H,3,7-8,10,12-19,22H2,1H3,(H2,33,34)(H,36,37)(H2,38,39,40). The number of nitrogens with zero attached hydrogens (tertiary/aromatic N) is 2. The number of nitrogen functional groups attached to an aromatic ring is 1. The molecule has 1 aliphatic rings. The lowest BCUT2D eigenvalue weighted by Crippen LogP contribution is -2.24. The number of rotatable bonds is 19. The van der Waals surface area contributed by atoms with Crippen molar-refractivity contribution in [1.82, 2.24) is 9.88 Å². The Morgan fingerprint density at radius 2 is 1.69 bits per heavy atom. The van der Waals surface area contributed by atoms with Gasteiger partial charge in [-0.2, -0.15) is 0 Å². The molecule has 45 heavy (non-hydrogen) atoms. The minimum absolute atomic E-state index is 0.000298. The van der Waals surface area contributed by atoms with Crippen molar-refractivity contribution < 1.29 is 43.2 Å². The van der Waals surface area contributed by atoms with Gasteiger partial charge < -0.3 is 44.5 Å². The first-order valence-corrected chi connectivity index (χ1v) is 16.7. The number of nitrogens with two attached hydrogens (primary N) is 1. The summed E-state index contributed by atoms with van der Waals surface area (Å²) < 4.78 is 32.6. The quantitative estimate of drug-likeness (QED) is 0.110. The summed E-state index contributed by atoms with van der Waals surface area (Å²) in [5.41, 5.74) is 13.2. The number of anilines is 1. The third kappa shape index (κ3) is 11.1. The number of carbonyl (C=O) groups is 1. The molecule has 5 N–H and O–H groups in total. The van der Waals surface area contributed by atoms with Gasteiger partial charge in [0.05, 0.1) is 69.2 Å². The second kappa shape index (κ2) is 16.7. The van der Waals surface area contributed by atoms with Crippen LogP contribution in [0.5, 0.6) is 5.75 Å². The molecular weight excluding hydrogens is 601 g/mol. The van der Waals surface area contributed by atoms with E-state index < -0.39 is 13.6 Å². The number of hydrogen-bond donors (Lipinski definition) is 4. The highest BCUT2D eigenvalue weighted by Gasteiger charge is 2.18. The van der Waals surface area contributed by atoms with Crippen LogP contribution in [0, 0.1) is 6.92 Å². The fourth-order valence-corrected chi connectivity index (χ4v) is 5.31. The first-order valence-electron chi connectivity index (χ1n) is 14.9. The molecule has 244 valence electrons. The second-order valence-corrected chi connectivity index (χ2v) is 12.6. The van der Waals surface area contributed by atoms with Crippen molar-refractivity contribution in [3.8, 4) is 5.75 Å². The highest BCUT2D eigenvalue weighted by atomic mass is 31.2. The lowest BCUT2D eigenvalue weighted by molar-refractivity contribution is -0.136. The van der Waals surface area contributed by atoms with Gasteiger partial charge in [-0.05, 0) is 60.7 Å². The van der Waals surface area contributed by atoms with Gasteiger partial charge >= 0.3 is 13.6 Å². The molecule has 0 saturated carbocycles. The summed E-state index contributed by atoms with van der Waals surface area (Å²) in [6.45, 7) is 5.75. The van der Waals surface area contributed by atoms with Crippen LogP contribution < -0.4 is 10.5 Å². The summed E-state index contributed by atoms with van der Waals surface area (Å²) in [4.78, 5) is 35.6. The summed E-state index contributed by atoms with van der Waals surface area (Å²) >= 11 is 0. The molecule has 1 aromatic heterocycles. The highest BCUT2D eigenvalue weighted by Crippen LogP contribution is 2.33. The first kappa shape index (κ1) is 34.4. The number of pyridine rings is 1. The summed E-state index contributed by atoms with van der Waals surface area (Å²) in [7, 11) is -4.02. The van der Waals surface area contributed by atoms with E-state index in [9.17, 15) is 9.36 Å². The molecule has 0 aliphatic carbocycles. The topological polar surface area (TPSA) is 174 Å². The van der Waals surface area contributed by atoms with Gasteiger partial charge in [-0.3, -0.25) is 14.3 Å². The Morgan fingerprint density at radius 1 is 0.978 bits per heavy atom. The normalized spacial score (nSPS) is 12.9. The maximum absolute atomic E-state index is 11.0. The van der Waals surface area contributed by atoms with E-state index in [1.165, 1.54) is 5.56 Å². The number of fused-ring (bicyclic) bond motifs is 2. The zero-order valence-corrected chi connectivity index (χ0v) is 26.4. The fourth-order valence-electron chi connectivity index (χ4n) is 4.94. The van der Waals surface area contributed by atoms with Crippen molar-refractivity contribution in [2.24, 2.45) is 0 Å².